The summed E-state index contributed by atoms with van der Waals surface area (Å²) in [6.07, 6.45) is 3.74. The minimum Gasteiger partial charge on any atom is -0.392 e. The topological polar surface area (TPSA) is 37.3 Å². The van der Waals surface area contributed by atoms with E-state index in [9.17, 15) is 9.90 Å². The first-order chi connectivity index (χ1) is 10.5. The SMILES string of the molecule is CCC(=O)C1CCC(CCSc2ccc(Cl)c(Cl)c2)CC1O. The van der Waals surface area contributed by atoms with E-state index >= 15 is 0 Å². The van der Waals surface area contributed by atoms with Gasteiger partial charge in [0.1, 0.15) is 5.78 Å². The normalized spacial score (nSPS) is 25.2. The van der Waals surface area contributed by atoms with Crippen LogP contribution in [0.15, 0.2) is 23.1 Å². The highest BCUT2D eigenvalue weighted by atomic mass is 35.5. The van der Waals surface area contributed by atoms with Crippen molar-refractivity contribution in [1.29, 1.82) is 0 Å². The third kappa shape index (κ3) is 4.89. The van der Waals surface area contributed by atoms with Crippen LogP contribution in [-0.2, 0) is 4.79 Å². The van der Waals surface area contributed by atoms with Crippen molar-refractivity contribution in [2.24, 2.45) is 11.8 Å². The first kappa shape index (κ1) is 18.1. The Kier molecular flexibility index (Phi) is 7.07. The molecule has 0 aromatic heterocycles. The Hall–Kier alpha value is -0.220. The van der Waals surface area contributed by atoms with Crippen molar-refractivity contribution < 1.29 is 9.90 Å². The van der Waals surface area contributed by atoms with Crippen LogP contribution in [0.2, 0.25) is 10.0 Å². The minimum absolute atomic E-state index is 0.135. The van der Waals surface area contributed by atoms with Gasteiger partial charge in [-0.05, 0) is 55.6 Å². The number of carbonyl (C=O) groups excluding carboxylic acids is 1. The number of aliphatic hydroxyl groups excluding tert-OH is 1. The number of aliphatic hydroxyl groups is 1. The van der Waals surface area contributed by atoms with Gasteiger partial charge >= 0.3 is 0 Å². The Labute approximate surface area is 146 Å². The van der Waals surface area contributed by atoms with Crippen LogP contribution in [0, 0.1) is 11.8 Å². The first-order valence-electron chi connectivity index (χ1n) is 7.80. The standard InChI is InChI=1S/C17H22Cl2O2S/c1-2-16(20)13-5-3-11(9-17(13)21)7-8-22-12-4-6-14(18)15(19)10-12/h4,6,10-11,13,17,21H,2-3,5,7-9H2,1H3. The molecule has 3 atom stereocenters. The molecule has 122 valence electrons. The molecule has 1 aromatic rings. The summed E-state index contributed by atoms with van der Waals surface area (Å²) in [5.41, 5.74) is 0. The lowest BCUT2D eigenvalue weighted by Crippen LogP contribution is -2.34. The van der Waals surface area contributed by atoms with Gasteiger partial charge in [0.25, 0.3) is 0 Å². The summed E-state index contributed by atoms with van der Waals surface area (Å²) >= 11 is 13.7. The Morgan fingerprint density at radius 1 is 1.32 bits per heavy atom. The number of benzene rings is 1. The minimum atomic E-state index is -0.457. The predicted molar refractivity (Wildman–Crippen MR) is 93.9 cm³/mol. The van der Waals surface area contributed by atoms with E-state index in [0.29, 0.717) is 22.4 Å². The molecule has 1 N–H and O–H groups in total. The molecular formula is C17H22Cl2O2S. The van der Waals surface area contributed by atoms with Gasteiger partial charge in [-0.1, -0.05) is 30.1 Å². The van der Waals surface area contributed by atoms with Gasteiger partial charge < -0.3 is 5.11 Å². The van der Waals surface area contributed by atoms with Crippen molar-refractivity contribution in [2.45, 2.75) is 50.0 Å². The summed E-state index contributed by atoms with van der Waals surface area (Å²) in [4.78, 5) is 12.9. The number of thioether (sulfide) groups is 1. The fraction of sp³-hybridized carbons (Fsp3) is 0.588. The molecule has 2 nitrogen and oxygen atoms in total. The Balaban J connectivity index is 1.76. The van der Waals surface area contributed by atoms with Gasteiger partial charge in [0.2, 0.25) is 0 Å². The molecule has 5 heteroatoms. The third-order valence-corrected chi connectivity index (χ3v) is 6.14. The average molecular weight is 361 g/mol. The lowest BCUT2D eigenvalue weighted by atomic mass is 9.76. The zero-order valence-electron chi connectivity index (χ0n) is 12.7. The Bertz CT molecular complexity index is 521. The van der Waals surface area contributed by atoms with Gasteiger partial charge in [-0.15, -0.1) is 11.8 Å². The molecule has 1 aliphatic rings. The van der Waals surface area contributed by atoms with Crippen molar-refractivity contribution in [1.82, 2.24) is 0 Å². The monoisotopic (exact) mass is 360 g/mol. The van der Waals surface area contributed by atoms with Crippen LogP contribution in [-0.4, -0.2) is 22.7 Å². The molecule has 1 aliphatic carbocycles. The van der Waals surface area contributed by atoms with E-state index in [4.69, 9.17) is 23.2 Å². The van der Waals surface area contributed by atoms with E-state index in [2.05, 4.69) is 0 Å². The molecule has 0 spiro atoms. The summed E-state index contributed by atoms with van der Waals surface area (Å²) in [6.45, 7) is 1.87. The highest BCUT2D eigenvalue weighted by molar-refractivity contribution is 7.99. The number of carbonyl (C=O) groups is 1. The molecule has 1 fully saturated rings. The van der Waals surface area contributed by atoms with Crippen LogP contribution >= 0.6 is 35.0 Å². The predicted octanol–water partition coefficient (Wildman–Crippen LogP) is 5.23. The smallest absolute Gasteiger partial charge is 0.138 e. The number of ketones is 1. The molecule has 0 radical (unpaired) electrons. The van der Waals surface area contributed by atoms with Crippen LogP contribution in [0.4, 0.5) is 0 Å². The number of Topliss-reactive ketones (excluding diaryl/α,β-unsaturated/α-hetero) is 1. The zero-order valence-corrected chi connectivity index (χ0v) is 15.1. The van der Waals surface area contributed by atoms with Gasteiger partial charge in [-0.3, -0.25) is 4.79 Å². The molecule has 1 saturated carbocycles. The second kappa shape index (κ2) is 8.58. The molecule has 22 heavy (non-hydrogen) atoms. The largest absolute Gasteiger partial charge is 0.392 e. The zero-order chi connectivity index (χ0) is 16.1. The summed E-state index contributed by atoms with van der Waals surface area (Å²) in [6, 6.07) is 5.68. The highest BCUT2D eigenvalue weighted by Gasteiger charge is 2.32. The Morgan fingerprint density at radius 3 is 2.73 bits per heavy atom. The maximum Gasteiger partial charge on any atom is 0.138 e. The van der Waals surface area contributed by atoms with Crippen molar-refractivity contribution in [3.63, 3.8) is 0 Å². The van der Waals surface area contributed by atoms with E-state index in [-0.39, 0.29) is 11.7 Å². The van der Waals surface area contributed by atoms with Crippen LogP contribution in [0.25, 0.3) is 0 Å². The van der Waals surface area contributed by atoms with Gasteiger partial charge in [0.05, 0.1) is 16.1 Å². The molecule has 3 unspecified atom stereocenters. The summed E-state index contributed by atoms with van der Waals surface area (Å²) in [5.74, 6) is 1.56. The molecule has 0 aliphatic heterocycles. The first-order valence-corrected chi connectivity index (χ1v) is 9.54. The van der Waals surface area contributed by atoms with Gasteiger partial charge in [0.15, 0.2) is 0 Å². The number of hydrogen-bond acceptors (Lipinski definition) is 3. The molecule has 0 amide bonds. The molecule has 0 bridgehead atoms. The summed E-state index contributed by atoms with van der Waals surface area (Å²) in [7, 11) is 0. The lowest BCUT2D eigenvalue weighted by molar-refractivity contribution is -0.128. The van der Waals surface area contributed by atoms with Crippen LogP contribution < -0.4 is 0 Å². The fourth-order valence-corrected chi connectivity index (χ4v) is 4.46. The maximum atomic E-state index is 11.8. The fourth-order valence-electron chi connectivity index (χ4n) is 3.04. The Morgan fingerprint density at radius 2 is 2.09 bits per heavy atom. The second-order valence-corrected chi connectivity index (χ2v) is 7.87. The van der Waals surface area contributed by atoms with E-state index in [1.807, 2.05) is 25.1 Å². The molecule has 0 saturated heterocycles. The molecule has 2 rings (SSSR count). The van der Waals surface area contributed by atoms with E-state index < -0.39 is 6.10 Å². The summed E-state index contributed by atoms with van der Waals surface area (Å²) < 4.78 is 0. The van der Waals surface area contributed by atoms with Crippen LogP contribution in [0.1, 0.15) is 39.0 Å². The van der Waals surface area contributed by atoms with Gasteiger partial charge in [-0.25, -0.2) is 0 Å². The maximum absolute atomic E-state index is 11.8. The summed E-state index contributed by atoms with van der Waals surface area (Å²) in [5, 5.41) is 11.3. The van der Waals surface area contributed by atoms with Crippen molar-refractivity contribution in [2.75, 3.05) is 5.75 Å². The van der Waals surface area contributed by atoms with Crippen molar-refractivity contribution in [3.8, 4) is 0 Å². The van der Waals surface area contributed by atoms with Gasteiger partial charge in [0, 0.05) is 17.2 Å². The van der Waals surface area contributed by atoms with Crippen LogP contribution in [0.5, 0.6) is 0 Å². The molecule has 0 heterocycles. The van der Waals surface area contributed by atoms with E-state index in [1.165, 1.54) is 0 Å². The number of hydrogen-bond donors (Lipinski definition) is 1. The lowest BCUT2D eigenvalue weighted by Gasteiger charge is -2.32. The van der Waals surface area contributed by atoms with Gasteiger partial charge in [-0.2, -0.15) is 0 Å². The van der Waals surface area contributed by atoms with E-state index in [1.54, 1.807) is 11.8 Å². The quantitative estimate of drug-likeness (QED) is 0.705. The third-order valence-electron chi connectivity index (χ3n) is 4.37. The average Bonchev–Trinajstić information content (AvgIpc) is 2.50. The van der Waals surface area contributed by atoms with Crippen molar-refractivity contribution >= 4 is 40.7 Å². The van der Waals surface area contributed by atoms with Crippen LogP contribution in [0.3, 0.4) is 0 Å². The second-order valence-electron chi connectivity index (χ2n) is 5.89. The number of rotatable bonds is 6. The molecular weight excluding hydrogens is 339 g/mol. The number of halogens is 2. The highest BCUT2D eigenvalue weighted by Crippen LogP contribution is 2.34. The van der Waals surface area contributed by atoms with Crippen molar-refractivity contribution in [3.05, 3.63) is 28.2 Å². The molecule has 1 aromatic carbocycles. The van der Waals surface area contributed by atoms with E-state index in [0.717, 1.165) is 36.3 Å².